The molecule has 0 fully saturated rings. The van der Waals surface area contributed by atoms with Crippen molar-refractivity contribution >= 4 is 23.4 Å². The molecule has 2 aromatic heterocycles. The van der Waals surface area contributed by atoms with E-state index >= 15 is 0 Å². The molecule has 0 bridgehead atoms. The Morgan fingerprint density at radius 2 is 2.17 bits per heavy atom. The SMILES string of the molecule is Cc1ccccc1/C=C/C(=O)OCc1cc(-c2cccs2)on1. The van der Waals surface area contributed by atoms with Crippen LogP contribution in [0.3, 0.4) is 0 Å². The van der Waals surface area contributed by atoms with Crippen LogP contribution in [0.2, 0.25) is 0 Å². The fourth-order valence-electron chi connectivity index (χ4n) is 2.04. The fourth-order valence-corrected chi connectivity index (χ4v) is 2.71. The number of thiophene rings is 1. The van der Waals surface area contributed by atoms with Crippen molar-refractivity contribution in [2.75, 3.05) is 0 Å². The van der Waals surface area contributed by atoms with Gasteiger partial charge in [0.05, 0.1) is 4.88 Å². The molecule has 0 aliphatic carbocycles. The van der Waals surface area contributed by atoms with Crippen LogP contribution in [0.4, 0.5) is 0 Å². The van der Waals surface area contributed by atoms with Gasteiger partial charge in [-0.2, -0.15) is 0 Å². The number of hydrogen-bond donors (Lipinski definition) is 0. The fraction of sp³-hybridized carbons (Fsp3) is 0.111. The van der Waals surface area contributed by atoms with Gasteiger partial charge in [-0.3, -0.25) is 0 Å². The van der Waals surface area contributed by atoms with E-state index in [1.807, 2.05) is 48.7 Å². The van der Waals surface area contributed by atoms with Gasteiger partial charge < -0.3 is 9.26 Å². The highest BCUT2D eigenvalue weighted by Crippen LogP contribution is 2.25. The molecular formula is C18H15NO3S. The Bertz CT molecular complexity index is 818. The first-order valence-electron chi connectivity index (χ1n) is 7.12. The molecule has 0 saturated carbocycles. The Hall–Kier alpha value is -2.66. The zero-order chi connectivity index (χ0) is 16.1. The van der Waals surface area contributed by atoms with Crippen LogP contribution in [0.1, 0.15) is 16.8 Å². The van der Waals surface area contributed by atoms with Crippen molar-refractivity contribution in [3.63, 3.8) is 0 Å². The third-order valence-electron chi connectivity index (χ3n) is 3.27. The number of carbonyl (C=O) groups excluding carboxylic acids is 1. The van der Waals surface area contributed by atoms with Gasteiger partial charge in [0.2, 0.25) is 0 Å². The summed E-state index contributed by atoms with van der Waals surface area (Å²) in [5, 5.41) is 5.87. The minimum Gasteiger partial charge on any atom is -0.456 e. The molecule has 23 heavy (non-hydrogen) atoms. The smallest absolute Gasteiger partial charge is 0.331 e. The lowest BCUT2D eigenvalue weighted by Crippen LogP contribution is -2.00. The van der Waals surface area contributed by atoms with Crippen LogP contribution in [0.15, 0.2) is 58.4 Å². The predicted octanol–water partition coefficient (Wildman–Crippen LogP) is 4.47. The minimum absolute atomic E-state index is 0.0891. The lowest BCUT2D eigenvalue weighted by molar-refractivity contribution is -0.139. The second kappa shape index (κ2) is 7.07. The van der Waals surface area contributed by atoms with Gasteiger partial charge in [-0.1, -0.05) is 35.5 Å². The first kappa shape index (κ1) is 15.2. The van der Waals surface area contributed by atoms with E-state index < -0.39 is 5.97 Å². The highest BCUT2D eigenvalue weighted by atomic mass is 32.1. The summed E-state index contributed by atoms with van der Waals surface area (Å²) in [6.07, 6.45) is 3.17. The average Bonchev–Trinajstić information content (AvgIpc) is 3.23. The minimum atomic E-state index is -0.408. The van der Waals surface area contributed by atoms with Gasteiger partial charge in [0.25, 0.3) is 0 Å². The summed E-state index contributed by atoms with van der Waals surface area (Å²) in [6, 6.07) is 13.5. The summed E-state index contributed by atoms with van der Waals surface area (Å²) in [6.45, 7) is 2.08. The maximum absolute atomic E-state index is 11.8. The monoisotopic (exact) mass is 325 g/mol. The molecule has 5 heteroatoms. The van der Waals surface area contributed by atoms with Gasteiger partial charge in [0, 0.05) is 12.1 Å². The van der Waals surface area contributed by atoms with Crippen LogP contribution in [-0.4, -0.2) is 11.1 Å². The quantitative estimate of drug-likeness (QED) is 0.513. The third kappa shape index (κ3) is 3.96. The Labute approximate surface area is 138 Å². The molecule has 3 aromatic rings. The summed E-state index contributed by atoms with van der Waals surface area (Å²) in [7, 11) is 0. The Morgan fingerprint density at radius 1 is 1.30 bits per heavy atom. The molecule has 0 spiro atoms. The largest absolute Gasteiger partial charge is 0.456 e. The molecule has 0 saturated heterocycles. The van der Waals surface area contributed by atoms with Crippen molar-refractivity contribution < 1.29 is 14.1 Å². The second-order valence-electron chi connectivity index (χ2n) is 4.96. The van der Waals surface area contributed by atoms with Crippen LogP contribution in [-0.2, 0) is 16.1 Å². The van der Waals surface area contributed by atoms with Gasteiger partial charge in [-0.05, 0) is 35.6 Å². The van der Waals surface area contributed by atoms with Gasteiger partial charge >= 0.3 is 5.97 Å². The number of nitrogens with zero attached hydrogens (tertiary/aromatic N) is 1. The molecule has 2 heterocycles. The van der Waals surface area contributed by atoms with Crippen molar-refractivity contribution in [3.8, 4) is 10.6 Å². The highest BCUT2D eigenvalue weighted by Gasteiger charge is 2.09. The maximum Gasteiger partial charge on any atom is 0.331 e. The van der Waals surface area contributed by atoms with Crippen molar-refractivity contribution in [3.05, 3.63) is 70.7 Å². The zero-order valence-corrected chi connectivity index (χ0v) is 13.4. The molecule has 1 aromatic carbocycles. The van der Waals surface area contributed by atoms with E-state index in [9.17, 15) is 4.79 Å². The van der Waals surface area contributed by atoms with Crippen LogP contribution < -0.4 is 0 Å². The first-order chi connectivity index (χ1) is 11.2. The molecule has 0 N–H and O–H groups in total. The molecule has 3 rings (SSSR count). The van der Waals surface area contributed by atoms with E-state index in [1.165, 1.54) is 6.08 Å². The van der Waals surface area contributed by atoms with Crippen LogP contribution in [0.5, 0.6) is 0 Å². The normalized spacial score (nSPS) is 11.0. The molecule has 0 amide bonds. The van der Waals surface area contributed by atoms with E-state index in [0.717, 1.165) is 16.0 Å². The van der Waals surface area contributed by atoms with Crippen LogP contribution in [0.25, 0.3) is 16.7 Å². The summed E-state index contributed by atoms with van der Waals surface area (Å²) in [5.74, 6) is 0.274. The molecular weight excluding hydrogens is 310 g/mol. The van der Waals surface area contributed by atoms with E-state index in [0.29, 0.717) is 11.5 Å². The molecule has 0 aliphatic heterocycles. The number of ether oxygens (including phenoxy) is 1. The number of rotatable bonds is 5. The number of benzene rings is 1. The first-order valence-corrected chi connectivity index (χ1v) is 8.00. The standard InChI is InChI=1S/C18H15NO3S/c1-13-5-2-3-6-14(13)8-9-18(20)21-12-15-11-16(22-19-15)17-7-4-10-23-17/h2-11H,12H2,1H3/b9-8+. The van der Waals surface area contributed by atoms with E-state index in [2.05, 4.69) is 5.16 Å². The topological polar surface area (TPSA) is 52.3 Å². The zero-order valence-electron chi connectivity index (χ0n) is 12.6. The van der Waals surface area contributed by atoms with Crippen molar-refractivity contribution in [2.45, 2.75) is 13.5 Å². The van der Waals surface area contributed by atoms with Crippen molar-refractivity contribution in [1.82, 2.24) is 5.16 Å². The summed E-state index contributed by atoms with van der Waals surface area (Å²) in [5.41, 5.74) is 2.69. The number of carbonyl (C=O) groups is 1. The van der Waals surface area contributed by atoms with Crippen LogP contribution in [0, 0.1) is 6.92 Å². The van der Waals surface area contributed by atoms with Gasteiger partial charge in [0.1, 0.15) is 12.3 Å². The predicted molar refractivity (Wildman–Crippen MR) is 89.8 cm³/mol. The molecule has 0 radical (unpaired) electrons. The summed E-state index contributed by atoms with van der Waals surface area (Å²) in [4.78, 5) is 12.8. The molecule has 0 aliphatic rings. The average molecular weight is 325 g/mol. The number of aryl methyl sites for hydroxylation is 1. The molecule has 116 valence electrons. The lowest BCUT2D eigenvalue weighted by atomic mass is 10.1. The Morgan fingerprint density at radius 3 is 2.96 bits per heavy atom. The highest BCUT2D eigenvalue weighted by molar-refractivity contribution is 7.13. The van der Waals surface area contributed by atoms with Gasteiger partial charge in [-0.25, -0.2) is 4.79 Å². The molecule has 4 nitrogen and oxygen atoms in total. The van der Waals surface area contributed by atoms with E-state index in [1.54, 1.807) is 23.5 Å². The van der Waals surface area contributed by atoms with E-state index in [4.69, 9.17) is 9.26 Å². The Kier molecular flexibility index (Phi) is 4.68. The van der Waals surface area contributed by atoms with Crippen LogP contribution >= 0.6 is 11.3 Å². The number of esters is 1. The van der Waals surface area contributed by atoms with Crippen molar-refractivity contribution in [2.24, 2.45) is 0 Å². The third-order valence-corrected chi connectivity index (χ3v) is 4.16. The van der Waals surface area contributed by atoms with Crippen molar-refractivity contribution in [1.29, 1.82) is 0 Å². The second-order valence-corrected chi connectivity index (χ2v) is 5.91. The number of aromatic nitrogens is 1. The van der Waals surface area contributed by atoms with Gasteiger partial charge in [-0.15, -0.1) is 11.3 Å². The number of hydrogen-bond acceptors (Lipinski definition) is 5. The molecule has 0 unspecified atom stereocenters. The lowest BCUT2D eigenvalue weighted by Gasteiger charge is -1.99. The van der Waals surface area contributed by atoms with Gasteiger partial charge in [0.15, 0.2) is 5.76 Å². The van der Waals surface area contributed by atoms with E-state index in [-0.39, 0.29) is 6.61 Å². The summed E-state index contributed by atoms with van der Waals surface area (Å²) < 4.78 is 10.4. The maximum atomic E-state index is 11.8. The molecule has 0 atom stereocenters. The summed E-state index contributed by atoms with van der Waals surface area (Å²) >= 11 is 1.57. The Balaban J connectivity index is 1.56.